The summed E-state index contributed by atoms with van der Waals surface area (Å²) in [4.78, 5) is 4.08. The first-order valence-electron chi connectivity index (χ1n) is 5.19. The molecule has 0 amide bonds. The monoisotopic (exact) mass is 248 g/mol. The third kappa shape index (κ3) is 3.25. The van der Waals surface area contributed by atoms with Crippen molar-refractivity contribution in [3.05, 3.63) is 35.2 Å². The summed E-state index contributed by atoms with van der Waals surface area (Å²) in [5.74, 6) is 1.45. The first kappa shape index (κ1) is 11.5. The maximum atomic E-state index is 5.35. The molecular weight excluding hydrogens is 236 g/mol. The van der Waals surface area contributed by atoms with Crippen molar-refractivity contribution in [2.45, 2.75) is 6.92 Å². The fourth-order valence-electron chi connectivity index (χ4n) is 1.32. The average molecular weight is 248 g/mol. The van der Waals surface area contributed by atoms with Gasteiger partial charge in [-0.1, -0.05) is 0 Å². The summed E-state index contributed by atoms with van der Waals surface area (Å²) in [5.41, 5.74) is 0.906. The number of H-pyrrole nitrogens is 1. The molecule has 1 heterocycles. The Bertz CT molecular complexity index is 538. The van der Waals surface area contributed by atoms with Gasteiger partial charge in [-0.25, -0.2) is 0 Å². The van der Waals surface area contributed by atoms with Gasteiger partial charge in [0.05, 0.1) is 12.8 Å². The number of hydrogen-bond acceptors (Lipinski definition) is 5. The third-order valence-corrected chi connectivity index (χ3v) is 2.19. The van der Waals surface area contributed by atoms with Gasteiger partial charge in [0.1, 0.15) is 5.75 Å². The second-order valence-corrected chi connectivity index (χ2v) is 3.64. The fourth-order valence-corrected chi connectivity index (χ4v) is 1.47. The molecule has 0 unspecified atom stereocenters. The van der Waals surface area contributed by atoms with Gasteiger partial charge in [0.25, 0.3) is 0 Å². The van der Waals surface area contributed by atoms with Crippen LogP contribution in [0.25, 0.3) is 0 Å². The highest BCUT2D eigenvalue weighted by Gasteiger charge is 1.97. The molecular formula is C11H12N4OS. The molecule has 0 aliphatic carbocycles. The van der Waals surface area contributed by atoms with Gasteiger partial charge >= 0.3 is 0 Å². The van der Waals surface area contributed by atoms with Crippen LogP contribution in [0.3, 0.4) is 0 Å². The quantitative estimate of drug-likeness (QED) is 0.814. The first-order valence-corrected chi connectivity index (χ1v) is 5.60. The van der Waals surface area contributed by atoms with Crippen molar-refractivity contribution in [2.24, 2.45) is 0 Å². The molecule has 2 aromatic rings. The molecule has 0 radical (unpaired) electrons. The van der Waals surface area contributed by atoms with Crippen LogP contribution >= 0.6 is 12.2 Å². The second kappa shape index (κ2) is 5.40. The molecule has 0 atom stereocenters. The Morgan fingerprint density at radius 3 is 2.76 bits per heavy atom. The van der Waals surface area contributed by atoms with Crippen molar-refractivity contribution >= 4 is 23.7 Å². The number of anilines is 2. The number of hydrogen-bond donors (Lipinski definition) is 2. The highest BCUT2D eigenvalue weighted by Crippen LogP contribution is 2.18. The molecule has 0 aliphatic rings. The summed E-state index contributed by atoms with van der Waals surface area (Å²) in [5, 5.41) is 9.52. The maximum absolute atomic E-state index is 5.35. The molecule has 0 saturated carbocycles. The molecule has 5 nitrogen and oxygen atoms in total. The summed E-state index contributed by atoms with van der Waals surface area (Å²) >= 11 is 4.88. The predicted molar refractivity (Wildman–Crippen MR) is 68.1 cm³/mol. The van der Waals surface area contributed by atoms with E-state index in [-0.39, 0.29) is 0 Å². The van der Waals surface area contributed by atoms with E-state index >= 15 is 0 Å². The van der Waals surface area contributed by atoms with Crippen molar-refractivity contribution < 1.29 is 4.74 Å². The van der Waals surface area contributed by atoms with Crippen molar-refractivity contribution in [1.82, 2.24) is 15.2 Å². The molecule has 0 saturated heterocycles. The van der Waals surface area contributed by atoms with Crippen molar-refractivity contribution in [2.75, 3.05) is 11.9 Å². The van der Waals surface area contributed by atoms with Crippen LogP contribution in [0.2, 0.25) is 0 Å². The van der Waals surface area contributed by atoms with Crippen molar-refractivity contribution in [1.29, 1.82) is 0 Å². The van der Waals surface area contributed by atoms with Crippen LogP contribution in [0.5, 0.6) is 5.75 Å². The molecule has 1 aromatic heterocycles. The number of rotatable bonds is 4. The van der Waals surface area contributed by atoms with Crippen LogP contribution in [-0.4, -0.2) is 21.8 Å². The minimum absolute atomic E-state index is 0.348. The summed E-state index contributed by atoms with van der Waals surface area (Å²) in [6.07, 6.45) is 1.58. The molecule has 6 heteroatoms. The molecule has 0 fully saturated rings. The lowest BCUT2D eigenvalue weighted by Gasteiger charge is -2.06. The van der Waals surface area contributed by atoms with E-state index in [0.717, 1.165) is 11.4 Å². The Balaban J connectivity index is 2.11. The smallest absolute Gasteiger partial charge is 0.215 e. The lowest BCUT2D eigenvalue weighted by molar-refractivity contribution is 0.340. The van der Waals surface area contributed by atoms with Crippen LogP contribution in [0.1, 0.15) is 6.92 Å². The lowest BCUT2D eigenvalue weighted by atomic mass is 10.3. The van der Waals surface area contributed by atoms with Crippen LogP contribution < -0.4 is 10.1 Å². The summed E-state index contributed by atoms with van der Waals surface area (Å²) in [6, 6.07) is 7.60. The highest BCUT2D eigenvalue weighted by molar-refractivity contribution is 7.71. The Hall–Kier alpha value is -1.95. The largest absolute Gasteiger partial charge is 0.494 e. The molecule has 17 heavy (non-hydrogen) atoms. The van der Waals surface area contributed by atoms with Gasteiger partial charge in [-0.15, -0.1) is 0 Å². The zero-order valence-electron chi connectivity index (χ0n) is 9.30. The van der Waals surface area contributed by atoms with E-state index in [1.54, 1.807) is 6.20 Å². The number of aromatic amines is 1. The topological polar surface area (TPSA) is 62.8 Å². The van der Waals surface area contributed by atoms with E-state index in [1.807, 2.05) is 31.2 Å². The third-order valence-electron chi connectivity index (χ3n) is 2.01. The van der Waals surface area contributed by atoms with Crippen molar-refractivity contribution in [3.63, 3.8) is 0 Å². The zero-order valence-corrected chi connectivity index (χ0v) is 10.1. The first-order chi connectivity index (χ1) is 8.28. The van der Waals surface area contributed by atoms with Gasteiger partial charge in [-0.3, -0.25) is 5.10 Å². The minimum Gasteiger partial charge on any atom is -0.494 e. The van der Waals surface area contributed by atoms with E-state index in [0.29, 0.717) is 17.2 Å². The van der Waals surface area contributed by atoms with E-state index in [1.165, 1.54) is 0 Å². The molecule has 0 aliphatic heterocycles. The number of ether oxygens (including phenoxy) is 1. The average Bonchev–Trinajstić information content (AvgIpc) is 2.32. The molecule has 0 spiro atoms. The van der Waals surface area contributed by atoms with Gasteiger partial charge in [0.15, 0.2) is 5.82 Å². The van der Waals surface area contributed by atoms with Crippen LogP contribution in [0.4, 0.5) is 11.5 Å². The van der Waals surface area contributed by atoms with Crippen LogP contribution in [-0.2, 0) is 0 Å². The number of nitrogens with zero attached hydrogens (tertiary/aromatic N) is 2. The Labute approximate surface area is 104 Å². The van der Waals surface area contributed by atoms with E-state index in [9.17, 15) is 0 Å². The highest BCUT2D eigenvalue weighted by atomic mass is 32.1. The van der Waals surface area contributed by atoms with E-state index < -0.39 is 0 Å². The Morgan fingerprint density at radius 1 is 1.35 bits per heavy atom. The van der Waals surface area contributed by atoms with Gasteiger partial charge in [-0.05, 0) is 43.4 Å². The molecule has 0 bridgehead atoms. The minimum atomic E-state index is 0.348. The van der Waals surface area contributed by atoms with Gasteiger partial charge < -0.3 is 10.1 Å². The standard InChI is InChI=1S/C11H12N4OS/c1-2-16-9-5-3-8(4-6-9)13-10-7-12-15-11(17)14-10/h3-7H,2H2,1H3,(H2,13,14,15,17). The van der Waals surface area contributed by atoms with Crippen LogP contribution in [0, 0.1) is 4.77 Å². The SMILES string of the molecule is CCOc1ccc(Nc2cn[nH]c(=S)n2)cc1. The number of benzene rings is 1. The number of nitrogens with one attached hydrogen (secondary N) is 2. The van der Waals surface area contributed by atoms with Crippen molar-refractivity contribution in [3.8, 4) is 5.75 Å². The van der Waals surface area contributed by atoms with Gasteiger partial charge in [0.2, 0.25) is 4.77 Å². The van der Waals surface area contributed by atoms with Gasteiger partial charge in [0, 0.05) is 5.69 Å². The predicted octanol–water partition coefficient (Wildman–Crippen LogP) is 2.68. The lowest BCUT2D eigenvalue weighted by Crippen LogP contribution is -1.97. The normalized spacial score (nSPS) is 9.94. The van der Waals surface area contributed by atoms with Crippen LogP contribution in [0.15, 0.2) is 30.5 Å². The summed E-state index contributed by atoms with van der Waals surface area (Å²) in [7, 11) is 0. The maximum Gasteiger partial charge on any atom is 0.215 e. The fraction of sp³-hybridized carbons (Fsp3) is 0.182. The molecule has 2 N–H and O–H groups in total. The Morgan fingerprint density at radius 2 is 2.12 bits per heavy atom. The molecule has 1 aromatic carbocycles. The summed E-state index contributed by atoms with van der Waals surface area (Å²) in [6.45, 7) is 2.61. The Kier molecular flexibility index (Phi) is 3.66. The number of aromatic nitrogens is 3. The van der Waals surface area contributed by atoms with E-state index in [4.69, 9.17) is 17.0 Å². The van der Waals surface area contributed by atoms with E-state index in [2.05, 4.69) is 20.5 Å². The second-order valence-electron chi connectivity index (χ2n) is 3.25. The molecule has 88 valence electrons. The molecule has 2 rings (SSSR count). The zero-order chi connectivity index (χ0) is 12.1. The van der Waals surface area contributed by atoms with Gasteiger partial charge in [-0.2, -0.15) is 10.1 Å². The summed E-state index contributed by atoms with van der Waals surface area (Å²) < 4.78 is 5.70.